The molecule has 0 saturated carbocycles. The maximum atomic E-state index is 12.1. The zero-order chi connectivity index (χ0) is 17.0. The molecule has 0 radical (unpaired) electrons. The molecule has 23 heavy (non-hydrogen) atoms. The first kappa shape index (κ1) is 17.2. The Morgan fingerprint density at radius 1 is 1.43 bits per heavy atom. The number of carbonyl (C=O) groups excluding carboxylic acids is 1. The van der Waals surface area contributed by atoms with E-state index < -0.39 is 6.10 Å². The lowest BCUT2D eigenvalue weighted by Gasteiger charge is -2.17. The maximum absolute atomic E-state index is 12.1. The topological polar surface area (TPSA) is 71.9 Å². The van der Waals surface area contributed by atoms with E-state index in [9.17, 15) is 4.79 Å². The number of amides is 1. The standard InChI is InChI=1S/C16H22N4O2S/c1-10-6-5-7-14(11(10)2)22-12(3)15(21)17-8-9-20-13(4)18-19-16(20)23/h5-7,12H,8-9H2,1-4H3,(H,17,21)(H,19,23)/t12-/m0/s1. The molecule has 6 nitrogen and oxygen atoms in total. The van der Waals surface area contributed by atoms with Crippen LogP contribution in [0.1, 0.15) is 23.9 Å². The summed E-state index contributed by atoms with van der Waals surface area (Å²) in [6.45, 7) is 8.64. The molecule has 124 valence electrons. The van der Waals surface area contributed by atoms with Crippen molar-refractivity contribution in [3.63, 3.8) is 0 Å². The van der Waals surface area contributed by atoms with Crippen molar-refractivity contribution < 1.29 is 9.53 Å². The molecule has 0 unspecified atom stereocenters. The number of carbonyl (C=O) groups is 1. The Bertz CT molecular complexity index is 751. The number of hydrogen-bond donors (Lipinski definition) is 2. The van der Waals surface area contributed by atoms with Gasteiger partial charge >= 0.3 is 0 Å². The van der Waals surface area contributed by atoms with Gasteiger partial charge in [0, 0.05) is 13.1 Å². The first-order valence-corrected chi connectivity index (χ1v) is 7.93. The molecule has 2 aromatic rings. The van der Waals surface area contributed by atoms with Crippen LogP contribution in [-0.4, -0.2) is 33.3 Å². The maximum Gasteiger partial charge on any atom is 0.260 e. The molecular weight excluding hydrogens is 312 g/mol. The largest absolute Gasteiger partial charge is 0.481 e. The van der Waals surface area contributed by atoms with Gasteiger partial charge in [-0.15, -0.1) is 0 Å². The van der Waals surface area contributed by atoms with Gasteiger partial charge in [0.1, 0.15) is 11.6 Å². The van der Waals surface area contributed by atoms with E-state index in [-0.39, 0.29) is 5.91 Å². The summed E-state index contributed by atoms with van der Waals surface area (Å²) in [5, 5.41) is 9.61. The van der Waals surface area contributed by atoms with Crippen molar-refractivity contribution in [2.24, 2.45) is 0 Å². The zero-order valence-electron chi connectivity index (χ0n) is 13.8. The molecule has 0 aliphatic rings. The molecule has 0 aliphatic carbocycles. The minimum Gasteiger partial charge on any atom is -0.481 e. The molecule has 1 aromatic carbocycles. The predicted octanol–water partition coefficient (Wildman–Crippen LogP) is 2.45. The van der Waals surface area contributed by atoms with Crippen molar-refractivity contribution in [3.8, 4) is 5.75 Å². The number of aromatic amines is 1. The minimum absolute atomic E-state index is 0.154. The average molecular weight is 334 g/mol. The van der Waals surface area contributed by atoms with Gasteiger partial charge < -0.3 is 14.6 Å². The summed E-state index contributed by atoms with van der Waals surface area (Å²) in [4.78, 5) is 12.1. The van der Waals surface area contributed by atoms with Crippen LogP contribution in [0.25, 0.3) is 0 Å². The third-order valence-corrected chi connectivity index (χ3v) is 4.12. The van der Waals surface area contributed by atoms with Gasteiger partial charge in [-0.3, -0.25) is 9.89 Å². The molecule has 0 spiro atoms. The molecule has 0 bridgehead atoms. The van der Waals surface area contributed by atoms with Gasteiger partial charge in [-0.2, -0.15) is 5.10 Å². The molecule has 2 N–H and O–H groups in total. The Kier molecular flexibility index (Phi) is 5.54. The average Bonchev–Trinajstić information content (AvgIpc) is 2.83. The van der Waals surface area contributed by atoms with Crippen molar-refractivity contribution >= 4 is 18.1 Å². The quantitative estimate of drug-likeness (QED) is 0.796. The molecule has 1 atom stereocenters. The summed E-state index contributed by atoms with van der Waals surface area (Å²) in [6, 6.07) is 5.82. The number of aryl methyl sites for hydroxylation is 2. The molecule has 1 amide bonds. The summed E-state index contributed by atoms with van der Waals surface area (Å²) < 4.78 is 8.16. The van der Waals surface area contributed by atoms with Crippen molar-refractivity contribution in [1.82, 2.24) is 20.1 Å². The first-order valence-electron chi connectivity index (χ1n) is 7.52. The van der Waals surface area contributed by atoms with Gasteiger partial charge in [0.05, 0.1) is 0 Å². The lowest BCUT2D eigenvalue weighted by Crippen LogP contribution is -2.38. The highest BCUT2D eigenvalue weighted by Crippen LogP contribution is 2.21. The summed E-state index contributed by atoms with van der Waals surface area (Å²) >= 11 is 5.12. The summed E-state index contributed by atoms with van der Waals surface area (Å²) in [5.41, 5.74) is 2.19. The predicted molar refractivity (Wildman–Crippen MR) is 91.2 cm³/mol. The van der Waals surface area contributed by atoms with Gasteiger partial charge in [0.2, 0.25) is 0 Å². The van der Waals surface area contributed by atoms with Gasteiger partial charge in [-0.25, -0.2) is 0 Å². The van der Waals surface area contributed by atoms with Gasteiger partial charge in [0.15, 0.2) is 10.9 Å². The number of benzene rings is 1. The van der Waals surface area contributed by atoms with E-state index in [1.807, 2.05) is 43.5 Å². The van der Waals surface area contributed by atoms with Crippen molar-refractivity contribution in [3.05, 3.63) is 39.9 Å². The number of H-pyrrole nitrogens is 1. The molecule has 7 heteroatoms. The second kappa shape index (κ2) is 7.41. The molecule has 0 saturated heterocycles. The second-order valence-corrected chi connectivity index (χ2v) is 5.86. The van der Waals surface area contributed by atoms with Crippen LogP contribution in [0.2, 0.25) is 0 Å². The third kappa shape index (κ3) is 4.19. The van der Waals surface area contributed by atoms with Gasteiger partial charge in [-0.05, 0) is 57.1 Å². The lowest BCUT2D eigenvalue weighted by atomic mass is 10.1. The van der Waals surface area contributed by atoms with E-state index in [0.29, 0.717) is 17.9 Å². The van der Waals surface area contributed by atoms with Crippen molar-refractivity contribution in [2.75, 3.05) is 6.54 Å². The molecule has 2 rings (SSSR count). The number of nitrogens with zero attached hydrogens (tertiary/aromatic N) is 2. The van der Waals surface area contributed by atoms with E-state index in [2.05, 4.69) is 15.5 Å². The number of rotatable bonds is 6. The highest BCUT2D eigenvalue weighted by molar-refractivity contribution is 7.71. The minimum atomic E-state index is -0.561. The molecule has 0 fully saturated rings. The van der Waals surface area contributed by atoms with Crippen molar-refractivity contribution in [1.29, 1.82) is 0 Å². The van der Waals surface area contributed by atoms with Crippen LogP contribution >= 0.6 is 12.2 Å². The van der Waals surface area contributed by atoms with Crippen molar-refractivity contribution in [2.45, 2.75) is 40.3 Å². The number of nitrogens with one attached hydrogen (secondary N) is 2. The van der Waals surface area contributed by atoms with Crippen LogP contribution in [0.5, 0.6) is 5.75 Å². The highest BCUT2D eigenvalue weighted by atomic mass is 32.1. The van der Waals surface area contributed by atoms with E-state index in [4.69, 9.17) is 17.0 Å². The van der Waals surface area contributed by atoms with Crippen LogP contribution in [0.15, 0.2) is 18.2 Å². The van der Waals surface area contributed by atoms with Crippen LogP contribution < -0.4 is 10.1 Å². The zero-order valence-corrected chi connectivity index (χ0v) is 14.7. The molecular formula is C16H22N4O2S. The Balaban J connectivity index is 1.88. The molecule has 1 heterocycles. The Morgan fingerprint density at radius 2 is 2.17 bits per heavy atom. The fourth-order valence-electron chi connectivity index (χ4n) is 2.19. The van der Waals surface area contributed by atoms with Gasteiger partial charge in [-0.1, -0.05) is 12.1 Å². The van der Waals surface area contributed by atoms with Crippen LogP contribution in [0, 0.1) is 25.5 Å². The smallest absolute Gasteiger partial charge is 0.260 e. The number of ether oxygens (including phenoxy) is 1. The van der Waals surface area contributed by atoms with E-state index >= 15 is 0 Å². The SMILES string of the molecule is Cc1cccc(O[C@@H](C)C(=O)NCCn2c(C)n[nH]c2=S)c1C. The second-order valence-electron chi connectivity index (χ2n) is 5.48. The van der Waals surface area contributed by atoms with Gasteiger partial charge in [0.25, 0.3) is 5.91 Å². The van der Waals surface area contributed by atoms with Crippen LogP contribution in [-0.2, 0) is 11.3 Å². The van der Waals surface area contributed by atoms with E-state index in [1.54, 1.807) is 6.92 Å². The first-order chi connectivity index (χ1) is 10.9. The summed E-state index contributed by atoms with van der Waals surface area (Å²) in [5.74, 6) is 1.38. The Labute approximate surface area is 140 Å². The normalized spacial score (nSPS) is 12.0. The fraction of sp³-hybridized carbons (Fsp3) is 0.438. The highest BCUT2D eigenvalue weighted by Gasteiger charge is 2.15. The molecule has 1 aromatic heterocycles. The Hall–Kier alpha value is -2.15. The van der Waals surface area contributed by atoms with Crippen LogP contribution in [0.4, 0.5) is 0 Å². The number of aromatic nitrogens is 3. The third-order valence-electron chi connectivity index (χ3n) is 3.81. The summed E-state index contributed by atoms with van der Waals surface area (Å²) in [6.07, 6.45) is -0.561. The fourth-order valence-corrected chi connectivity index (χ4v) is 2.46. The lowest BCUT2D eigenvalue weighted by molar-refractivity contribution is -0.127. The van der Waals surface area contributed by atoms with Crippen LogP contribution in [0.3, 0.4) is 0 Å². The summed E-state index contributed by atoms with van der Waals surface area (Å²) in [7, 11) is 0. The molecule has 0 aliphatic heterocycles. The monoisotopic (exact) mass is 334 g/mol. The number of hydrogen-bond acceptors (Lipinski definition) is 4. The Morgan fingerprint density at radius 3 is 2.83 bits per heavy atom. The van der Waals surface area contributed by atoms with E-state index in [1.165, 1.54) is 0 Å². The van der Waals surface area contributed by atoms with E-state index in [0.717, 1.165) is 22.7 Å².